The molecule has 0 fully saturated rings. The molecule has 0 aliphatic heterocycles. The third kappa shape index (κ3) is 5.05. The second kappa shape index (κ2) is 7.29. The van der Waals surface area contributed by atoms with Gasteiger partial charge in [0.05, 0.1) is 11.5 Å². The van der Waals surface area contributed by atoms with Gasteiger partial charge in [-0.25, -0.2) is 0 Å². The van der Waals surface area contributed by atoms with Crippen LogP contribution in [0.15, 0.2) is 24.3 Å². The number of hydrogen-bond acceptors (Lipinski definition) is 2. The number of benzene rings is 1. The van der Waals surface area contributed by atoms with Crippen LogP contribution in [0.2, 0.25) is 0 Å². The highest BCUT2D eigenvalue weighted by molar-refractivity contribution is 5.78. The molecule has 0 aliphatic rings. The Labute approximate surface area is 126 Å². The highest BCUT2D eigenvalue weighted by Crippen LogP contribution is 2.35. The normalized spacial score (nSPS) is 14.2. The molecular formula is C15H18F3NO3. The van der Waals surface area contributed by atoms with Crippen LogP contribution in [0.1, 0.15) is 37.3 Å². The molecule has 0 spiro atoms. The molecule has 0 aromatic heterocycles. The molecule has 2 N–H and O–H groups in total. The van der Waals surface area contributed by atoms with Gasteiger partial charge in [-0.3, -0.25) is 9.59 Å². The molecule has 22 heavy (non-hydrogen) atoms. The number of carboxylic acids is 1. The molecule has 0 radical (unpaired) electrons. The predicted octanol–water partition coefficient (Wildman–Crippen LogP) is 3.04. The summed E-state index contributed by atoms with van der Waals surface area (Å²) in [6.07, 6.45) is -4.61. The molecule has 1 aromatic rings. The van der Waals surface area contributed by atoms with Gasteiger partial charge in [0.2, 0.25) is 5.91 Å². The van der Waals surface area contributed by atoms with Crippen molar-refractivity contribution in [3.63, 3.8) is 0 Å². The Morgan fingerprint density at radius 1 is 1.23 bits per heavy atom. The van der Waals surface area contributed by atoms with Crippen molar-refractivity contribution in [3.05, 3.63) is 35.4 Å². The summed E-state index contributed by atoms with van der Waals surface area (Å²) in [4.78, 5) is 22.4. The van der Waals surface area contributed by atoms with Crippen LogP contribution in [0, 0.1) is 5.92 Å². The quantitative estimate of drug-likeness (QED) is 0.847. The van der Waals surface area contributed by atoms with E-state index in [0.717, 1.165) is 6.07 Å². The highest BCUT2D eigenvalue weighted by Gasteiger charge is 2.34. The molecule has 2 atom stereocenters. The van der Waals surface area contributed by atoms with Crippen molar-refractivity contribution in [1.82, 2.24) is 5.32 Å². The number of rotatable bonds is 6. The van der Waals surface area contributed by atoms with E-state index in [9.17, 15) is 22.8 Å². The van der Waals surface area contributed by atoms with Crippen LogP contribution in [-0.4, -0.2) is 23.5 Å². The molecule has 4 nitrogen and oxygen atoms in total. The van der Waals surface area contributed by atoms with Gasteiger partial charge in [-0.1, -0.05) is 32.0 Å². The smallest absolute Gasteiger partial charge is 0.416 e. The second-order valence-corrected chi connectivity index (χ2v) is 5.23. The molecule has 0 saturated carbocycles. The number of carbonyl (C=O) groups excluding carboxylic acids is 1. The Balaban J connectivity index is 2.72. The maximum absolute atomic E-state index is 12.9. The largest absolute Gasteiger partial charge is 0.481 e. The van der Waals surface area contributed by atoms with Gasteiger partial charge < -0.3 is 10.4 Å². The zero-order valence-electron chi connectivity index (χ0n) is 12.3. The summed E-state index contributed by atoms with van der Waals surface area (Å²) in [7, 11) is 0. The summed E-state index contributed by atoms with van der Waals surface area (Å²) >= 11 is 0. The fourth-order valence-corrected chi connectivity index (χ4v) is 2.00. The lowest BCUT2D eigenvalue weighted by Gasteiger charge is -2.18. The van der Waals surface area contributed by atoms with Crippen molar-refractivity contribution in [2.75, 3.05) is 6.54 Å². The first kappa shape index (κ1) is 18.0. The number of nitrogens with one attached hydrogen (secondary N) is 1. The Bertz CT molecular complexity index is 543. The lowest BCUT2D eigenvalue weighted by atomic mass is 9.92. The van der Waals surface area contributed by atoms with Gasteiger partial charge in [-0.15, -0.1) is 0 Å². The van der Waals surface area contributed by atoms with Crippen LogP contribution in [0.5, 0.6) is 0 Å². The Hall–Kier alpha value is -2.05. The van der Waals surface area contributed by atoms with E-state index < -0.39 is 35.5 Å². The Morgan fingerprint density at radius 2 is 1.82 bits per heavy atom. The fourth-order valence-electron chi connectivity index (χ4n) is 2.00. The summed E-state index contributed by atoms with van der Waals surface area (Å²) in [6.45, 7) is 2.91. The van der Waals surface area contributed by atoms with Crippen molar-refractivity contribution >= 4 is 11.9 Å². The lowest BCUT2D eigenvalue weighted by Crippen LogP contribution is -2.32. The van der Waals surface area contributed by atoms with Crippen LogP contribution < -0.4 is 5.32 Å². The van der Waals surface area contributed by atoms with E-state index in [1.54, 1.807) is 0 Å². The molecule has 1 aromatic carbocycles. The van der Waals surface area contributed by atoms with Crippen LogP contribution in [0.3, 0.4) is 0 Å². The molecule has 122 valence electrons. The highest BCUT2D eigenvalue weighted by atomic mass is 19.4. The number of carboxylic acid groups (broad SMARTS) is 1. The molecule has 7 heteroatoms. The van der Waals surface area contributed by atoms with Crippen molar-refractivity contribution in [1.29, 1.82) is 0 Å². The number of aliphatic carboxylic acids is 1. The van der Waals surface area contributed by atoms with Crippen LogP contribution >= 0.6 is 0 Å². The number of halogens is 3. The summed E-state index contributed by atoms with van der Waals surface area (Å²) in [5.74, 6) is -2.90. The average Bonchev–Trinajstić information content (AvgIpc) is 2.43. The van der Waals surface area contributed by atoms with E-state index in [-0.39, 0.29) is 18.5 Å². The minimum absolute atomic E-state index is 0.0523. The second-order valence-electron chi connectivity index (χ2n) is 5.23. The first-order valence-corrected chi connectivity index (χ1v) is 6.78. The summed E-state index contributed by atoms with van der Waals surface area (Å²) in [6, 6.07) is 5.12. The van der Waals surface area contributed by atoms with Crippen LogP contribution in [-0.2, 0) is 15.8 Å². The Morgan fingerprint density at radius 3 is 2.36 bits per heavy atom. The van der Waals surface area contributed by atoms with E-state index in [2.05, 4.69) is 5.32 Å². The maximum atomic E-state index is 12.9. The molecular weight excluding hydrogens is 299 g/mol. The van der Waals surface area contributed by atoms with Crippen molar-refractivity contribution < 1.29 is 27.9 Å². The lowest BCUT2D eigenvalue weighted by molar-refractivity contribution is -0.141. The predicted molar refractivity (Wildman–Crippen MR) is 74.3 cm³/mol. The van der Waals surface area contributed by atoms with Crippen LogP contribution in [0.4, 0.5) is 13.2 Å². The molecule has 0 saturated heterocycles. The Kier molecular flexibility index (Phi) is 5.96. The van der Waals surface area contributed by atoms with E-state index in [4.69, 9.17) is 5.11 Å². The van der Waals surface area contributed by atoms with Gasteiger partial charge >= 0.3 is 12.1 Å². The monoisotopic (exact) mass is 317 g/mol. The molecule has 0 aliphatic carbocycles. The first-order chi connectivity index (χ1) is 10.1. The van der Waals surface area contributed by atoms with Gasteiger partial charge in [0, 0.05) is 13.0 Å². The minimum Gasteiger partial charge on any atom is -0.481 e. The molecule has 0 bridgehead atoms. The van der Waals surface area contributed by atoms with E-state index in [1.165, 1.54) is 32.0 Å². The van der Waals surface area contributed by atoms with E-state index >= 15 is 0 Å². The minimum atomic E-state index is -4.47. The van der Waals surface area contributed by atoms with Gasteiger partial charge in [-0.05, 0) is 17.5 Å². The standard InChI is InChI=1S/C15H18F3NO3/c1-9(7-13(20)19-8-10(2)14(21)22)11-5-3-4-6-12(11)15(16,17)18/h3-6,9-10H,7-8H2,1-2H3,(H,19,20)(H,21,22). The van der Waals surface area contributed by atoms with Crippen molar-refractivity contribution in [2.24, 2.45) is 5.92 Å². The van der Waals surface area contributed by atoms with Crippen molar-refractivity contribution in [3.8, 4) is 0 Å². The fraction of sp³-hybridized carbons (Fsp3) is 0.467. The first-order valence-electron chi connectivity index (χ1n) is 6.78. The third-order valence-electron chi connectivity index (χ3n) is 3.32. The maximum Gasteiger partial charge on any atom is 0.416 e. The number of carbonyl (C=O) groups is 2. The summed E-state index contributed by atoms with van der Waals surface area (Å²) in [5.41, 5.74) is -0.703. The van der Waals surface area contributed by atoms with Gasteiger partial charge in [0.15, 0.2) is 0 Å². The summed E-state index contributed by atoms with van der Waals surface area (Å²) in [5, 5.41) is 11.1. The van der Waals surface area contributed by atoms with Crippen molar-refractivity contribution in [2.45, 2.75) is 32.4 Å². The number of alkyl halides is 3. The van der Waals surface area contributed by atoms with Gasteiger partial charge in [0.1, 0.15) is 0 Å². The molecule has 2 unspecified atom stereocenters. The number of amides is 1. The van der Waals surface area contributed by atoms with E-state index in [0.29, 0.717) is 0 Å². The molecule has 0 heterocycles. The van der Waals surface area contributed by atoms with E-state index in [1.807, 2.05) is 0 Å². The number of hydrogen-bond donors (Lipinski definition) is 2. The topological polar surface area (TPSA) is 66.4 Å². The average molecular weight is 317 g/mol. The van der Waals surface area contributed by atoms with Gasteiger partial charge in [0.25, 0.3) is 0 Å². The van der Waals surface area contributed by atoms with Crippen LogP contribution in [0.25, 0.3) is 0 Å². The van der Waals surface area contributed by atoms with Gasteiger partial charge in [-0.2, -0.15) is 13.2 Å². The molecule has 1 rings (SSSR count). The third-order valence-corrected chi connectivity index (χ3v) is 3.32. The zero-order valence-corrected chi connectivity index (χ0v) is 12.3. The zero-order chi connectivity index (χ0) is 16.9. The summed E-state index contributed by atoms with van der Waals surface area (Å²) < 4.78 is 38.8. The SMILES string of the molecule is CC(CNC(=O)CC(C)c1ccccc1C(F)(F)F)C(=O)O. The molecule has 1 amide bonds.